The van der Waals surface area contributed by atoms with Crippen LogP contribution in [0.1, 0.15) is 59.3 Å². The molecule has 0 aromatic carbocycles. The van der Waals surface area contributed by atoms with Crippen LogP contribution in [0.2, 0.25) is 0 Å². The third-order valence-corrected chi connectivity index (χ3v) is 7.88. The predicted octanol–water partition coefficient (Wildman–Crippen LogP) is 2.37. The van der Waals surface area contributed by atoms with Crippen LogP contribution in [-0.4, -0.2) is 94.1 Å². The van der Waals surface area contributed by atoms with Gasteiger partial charge in [0.25, 0.3) is 0 Å². The number of ether oxygens (including phenoxy) is 1. The van der Waals surface area contributed by atoms with E-state index in [-0.39, 0.29) is 43.0 Å². The summed E-state index contributed by atoms with van der Waals surface area (Å²) in [5, 5.41) is 9.51. The van der Waals surface area contributed by atoms with Gasteiger partial charge in [0.2, 0.25) is 17.7 Å². The molecule has 8 heteroatoms. The maximum Gasteiger partial charge on any atom is 0.248 e. The van der Waals surface area contributed by atoms with Crippen LogP contribution in [0.3, 0.4) is 0 Å². The van der Waals surface area contributed by atoms with Gasteiger partial charge in [0, 0.05) is 38.8 Å². The minimum absolute atomic E-state index is 0.0144. The summed E-state index contributed by atoms with van der Waals surface area (Å²) in [6, 6.07) is -0.813. The van der Waals surface area contributed by atoms with Crippen LogP contribution in [-0.2, 0) is 19.1 Å². The Hall–Kier alpha value is -2.19. The molecule has 3 aliphatic heterocycles. The van der Waals surface area contributed by atoms with Crippen LogP contribution in [0, 0.1) is 11.8 Å². The van der Waals surface area contributed by atoms with Gasteiger partial charge >= 0.3 is 0 Å². The number of aliphatic hydroxyl groups is 1. The Bertz CT molecular complexity index is 817. The molecule has 3 aliphatic rings. The smallest absolute Gasteiger partial charge is 0.248 e. The van der Waals surface area contributed by atoms with E-state index >= 15 is 0 Å². The van der Waals surface area contributed by atoms with Crippen LogP contribution < -0.4 is 0 Å². The third-order valence-electron chi connectivity index (χ3n) is 7.88. The van der Waals surface area contributed by atoms with Gasteiger partial charge in [0.15, 0.2) is 0 Å². The van der Waals surface area contributed by atoms with Gasteiger partial charge in [0.05, 0.1) is 17.9 Å². The van der Waals surface area contributed by atoms with E-state index in [1.165, 1.54) is 0 Å². The fourth-order valence-corrected chi connectivity index (χ4v) is 6.48. The van der Waals surface area contributed by atoms with Crippen molar-refractivity contribution in [3.8, 4) is 0 Å². The van der Waals surface area contributed by atoms with Gasteiger partial charge in [-0.2, -0.15) is 0 Å². The highest BCUT2D eigenvalue weighted by Gasteiger charge is 2.74. The molecule has 3 rings (SSSR count). The molecule has 0 aromatic rings. The Morgan fingerprint density at radius 1 is 1.23 bits per heavy atom. The largest absolute Gasteiger partial charge is 0.396 e. The number of carbonyl (C=O) groups excluding carboxylic acids is 3. The first-order valence-corrected chi connectivity index (χ1v) is 13.2. The van der Waals surface area contributed by atoms with Gasteiger partial charge in [-0.15, -0.1) is 13.2 Å². The standard InChI is InChI=1S/C27H43N3O5/c1-6-11-19(5)29(16-9-4)26(34)23-27-13-12-20(35-27)21(24(32)28(14-7-2)15-8-3)22(27)25(33)30(23)17-10-18-31/h7,9,19-23,31H,2,4,6,8,10-18H2,1,3,5H3/t19?,20-,21+,22+,23?,27?/m1/s1. The van der Waals surface area contributed by atoms with E-state index in [0.717, 1.165) is 19.3 Å². The van der Waals surface area contributed by atoms with E-state index in [9.17, 15) is 19.5 Å². The zero-order valence-electron chi connectivity index (χ0n) is 21.7. The second kappa shape index (κ2) is 11.7. The molecular formula is C27H43N3O5. The summed E-state index contributed by atoms with van der Waals surface area (Å²) in [5.74, 6) is -1.72. The average Bonchev–Trinajstić information content (AvgIpc) is 3.47. The molecule has 3 heterocycles. The highest BCUT2D eigenvalue weighted by Crippen LogP contribution is 2.59. The molecular weight excluding hydrogens is 446 g/mol. The molecule has 1 N–H and O–H groups in total. The number of hydrogen-bond acceptors (Lipinski definition) is 5. The Morgan fingerprint density at radius 2 is 1.94 bits per heavy atom. The molecule has 8 nitrogen and oxygen atoms in total. The van der Waals surface area contributed by atoms with E-state index in [2.05, 4.69) is 20.1 Å². The van der Waals surface area contributed by atoms with E-state index in [4.69, 9.17) is 4.74 Å². The van der Waals surface area contributed by atoms with Gasteiger partial charge in [0.1, 0.15) is 11.6 Å². The maximum absolute atomic E-state index is 14.1. The number of fused-ring (bicyclic) bond motifs is 1. The lowest BCUT2D eigenvalue weighted by atomic mass is 9.70. The average molecular weight is 490 g/mol. The van der Waals surface area contributed by atoms with Crippen molar-refractivity contribution in [3.05, 3.63) is 25.3 Å². The van der Waals surface area contributed by atoms with Crippen LogP contribution in [0.25, 0.3) is 0 Å². The molecule has 2 bridgehead atoms. The zero-order chi connectivity index (χ0) is 25.8. The van der Waals surface area contributed by atoms with Gasteiger partial charge in [-0.25, -0.2) is 0 Å². The van der Waals surface area contributed by atoms with Crippen molar-refractivity contribution >= 4 is 17.7 Å². The summed E-state index contributed by atoms with van der Waals surface area (Å²) in [4.78, 5) is 46.9. The molecule has 3 amide bonds. The van der Waals surface area contributed by atoms with E-state index in [1.807, 2.05) is 13.8 Å². The highest BCUT2D eigenvalue weighted by molar-refractivity contribution is 5.99. The second-order valence-electron chi connectivity index (χ2n) is 10.2. The lowest BCUT2D eigenvalue weighted by Gasteiger charge is -2.39. The molecule has 3 unspecified atom stereocenters. The Kier molecular flexibility index (Phi) is 9.16. The molecule has 196 valence electrons. The van der Waals surface area contributed by atoms with Crippen molar-refractivity contribution in [1.82, 2.24) is 14.7 Å². The number of amides is 3. The molecule has 6 atom stereocenters. The monoisotopic (exact) mass is 489 g/mol. The van der Waals surface area contributed by atoms with Crippen molar-refractivity contribution < 1.29 is 24.2 Å². The van der Waals surface area contributed by atoms with Crippen molar-refractivity contribution in [2.24, 2.45) is 11.8 Å². The van der Waals surface area contributed by atoms with E-state index < -0.39 is 23.5 Å². The summed E-state index contributed by atoms with van der Waals surface area (Å²) < 4.78 is 6.53. The molecule has 0 radical (unpaired) electrons. The maximum atomic E-state index is 14.1. The number of likely N-dealkylation sites (tertiary alicyclic amines) is 1. The topological polar surface area (TPSA) is 90.4 Å². The second-order valence-corrected chi connectivity index (χ2v) is 10.2. The Morgan fingerprint density at radius 3 is 2.54 bits per heavy atom. The van der Waals surface area contributed by atoms with Gasteiger partial charge < -0.3 is 24.5 Å². The molecule has 3 saturated heterocycles. The highest BCUT2D eigenvalue weighted by atomic mass is 16.5. The SMILES string of the molecule is C=CCN(CCC)C(=O)[C@@H]1[C@H]2C(=O)N(CCCO)C(C(=O)N(CC=C)C(C)CCC)C23CC[C@H]1O3. The number of aliphatic hydroxyl groups excluding tert-OH is 1. The summed E-state index contributed by atoms with van der Waals surface area (Å²) in [7, 11) is 0. The molecule has 3 fully saturated rings. The third kappa shape index (κ3) is 4.79. The normalized spacial score (nSPS) is 29.7. The van der Waals surface area contributed by atoms with Crippen LogP contribution in [0.5, 0.6) is 0 Å². The lowest BCUT2D eigenvalue weighted by Crippen LogP contribution is -2.58. The minimum atomic E-state index is -1.01. The van der Waals surface area contributed by atoms with Crippen LogP contribution in [0.4, 0.5) is 0 Å². The first-order chi connectivity index (χ1) is 16.8. The molecule has 35 heavy (non-hydrogen) atoms. The first-order valence-electron chi connectivity index (χ1n) is 13.2. The Balaban J connectivity index is 2.01. The van der Waals surface area contributed by atoms with Crippen LogP contribution >= 0.6 is 0 Å². The fourth-order valence-electron chi connectivity index (χ4n) is 6.48. The number of hydrogen-bond donors (Lipinski definition) is 1. The summed E-state index contributed by atoms with van der Waals surface area (Å²) in [5.41, 5.74) is -1.01. The zero-order valence-corrected chi connectivity index (χ0v) is 21.7. The molecule has 0 aliphatic carbocycles. The van der Waals surface area contributed by atoms with Gasteiger partial charge in [-0.3, -0.25) is 14.4 Å². The molecule has 0 saturated carbocycles. The lowest BCUT2D eigenvalue weighted by molar-refractivity contribution is -0.150. The fraction of sp³-hybridized carbons (Fsp3) is 0.741. The van der Waals surface area contributed by atoms with Crippen LogP contribution in [0.15, 0.2) is 25.3 Å². The van der Waals surface area contributed by atoms with Gasteiger partial charge in [-0.1, -0.05) is 32.4 Å². The quantitative estimate of drug-likeness (QED) is 0.379. The summed E-state index contributed by atoms with van der Waals surface area (Å²) in [6.45, 7) is 15.3. The number of carbonyl (C=O) groups is 3. The van der Waals surface area contributed by atoms with Crippen molar-refractivity contribution in [1.29, 1.82) is 0 Å². The first kappa shape index (κ1) is 27.4. The van der Waals surface area contributed by atoms with Crippen molar-refractivity contribution in [2.75, 3.05) is 32.8 Å². The van der Waals surface area contributed by atoms with Crippen molar-refractivity contribution in [2.45, 2.75) is 83.1 Å². The van der Waals surface area contributed by atoms with Crippen molar-refractivity contribution in [3.63, 3.8) is 0 Å². The van der Waals surface area contributed by atoms with E-state index in [0.29, 0.717) is 38.9 Å². The molecule has 0 aromatic heterocycles. The van der Waals surface area contributed by atoms with E-state index in [1.54, 1.807) is 26.9 Å². The predicted molar refractivity (Wildman–Crippen MR) is 134 cm³/mol. The Labute approximate surface area is 210 Å². The number of nitrogens with zero attached hydrogens (tertiary/aromatic N) is 3. The number of rotatable bonds is 14. The summed E-state index contributed by atoms with van der Waals surface area (Å²) >= 11 is 0. The minimum Gasteiger partial charge on any atom is -0.396 e. The van der Waals surface area contributed by atoms with Gasteiger partial charge in [-0.05, 0) is 39.0 Å². The molecule has 1 spiro atoms. The summed E-state index contributed by atoms with van der Waals surface area (Å²) in [6.07, 6.45) is 7.21.